The first-order chi connectivity index (χ1) is 12.2. The van der Waals surface area contributed by atoms with E-state index in [2.05, 4.69) is 15.5 Å². The number of benzene rings is 1. The van der Waals surface area contributed by atoms with E-state index in [1.807, 2.05) is 39.8 Å². The number of H-pyrrole nitrogens is 1. The van der Waals surface area contributed by atoms with Gasteiger partial charge >= 0.3 is 6.09 Å². The van der Waals surface area contributed by atoms with Crippen molar-refractivity contribution >= 4 is 12.0 Å². The number of fused-ring (bicyclic) bond motifs is 1. The molecule has 0 unspecified atom stereocenters. The summed E-state index contributed by atoms with van der Waals surface area (Å²) in [5.41, 5.74) is 3.75. The Bertz CT molecular complexity index is 818. The molecule has 0 bridgehead atoms. The van der Waals surface area contributed by atoms with Gasteiger partial charge in [0.1, 0.15) is 5.60 Å². The number of hydrogen-bond acceptors (Lipinski definition) is 4. The summed E-state index contributed by atoms with van der Waals surface area (Å²) in [6, 6.07) is 7.40. The van der Waals surface area contributed by atoms with Gasteiger partial charge in [0.05, 0.1) is 31.0 Å². The number of amides is 2. The van der Waals surface area contributed by atoms with Crippen molar-refractivity contribution in [3.63, 3.8) is 0 Å². The zero-order chi connectivity index (χ0) is 18.9. The molecule has 1 aliphatic heterocycles. The van der Waals surface area contributed by atoms with Crippen molar-refractivity contribution in [1.82, 2.24) is 20.4 Å². The molecule has 0 spiro atoms. The van der Waals surface area contributed by atoms with E-state index in [0.717, 1.165) is 22.5 Å². The third kappa shape index (κ3) is 4.04. The minimum atomic E-state index is -0.531. The summed E-state index contributed by atoms with van der Waals surface area (Å²) in [7, 11) is 0. The number of nitrogens with one attached hydrogen (secondary N) is 2. The fraction of sp³-hybridized carbons (Fsp3) is 0.421. The van der Waals surface area contributed by atoms with Gasteiger partial charge in [0.2, 0.25) is 0 Å². The molecule has 0 saturated heterocycles. The molecule has 2 heterocycles. The molecule has 1 aromatic heterocycles. The lowest BCUT2D eigenvalue weighted by Crippen LogP contribution is -2.33. The normalized spacial score (nSPS) is 13.5. The second-order valence-electron chi connectivity index (χ2n) is 7.51. The fourth-order valence-corrected chi connectivity index (χ4v) is 2.77. The van der Waals surface area contributed by atoms with E-state index in [4.69, 9.17) is 4.74 Å². The van der Waals surface area contributed by atoms with Crippen LogP contribution in [0, 0.1) is 6.92 Å². The Morgan fingerprint density at radius 1 is 1.23 bits per heavy atom. The summed E-state index contributed by atoms with van der Waals surface area (Å²) >= 11 is 0. The van der Waals surface area contributed by atoms with Crippen molar-refractivity contribution < 1.29 is 14.3 Å². The van der Waals surface area contributed by atoms with Gasteiger partial charge in [0.25, 0.3) is 5.91 Å². The molecule has 138 valence electrons. The van der Waals surface area contributed by atoms with Crippen LogP contribution < -0.4 is 5.32 Å². The molecular formula is C19H24N4O3. The molecule has 2 N–H and O–H groups in total. The van der Waals surface area contributed by atoms with Crippen LogP contribution in [0.3, 0.4) is 0 Å². The lowest BCUT2D eigenvalue weighted by atomic mass is 10.1. The first kappa shape index (κ1) is 18.0. The van der Waals surface area contributed by atoms with Crippen molar-refractivity contribution in [1.29, 1.82) is 0 Å². The number of nitrogens with zero attached hydrogens (tertiary/aromatic N) is 2. The first-order valence-electron chi connectivity index (χ1n) is 8.61. The van der Waals surface area contributed by atoms with Crippen molar-refractivity contribution in [2.75, 3.05) is 0 Å². The number of aromatic nitrogens is 2. The van der Waals surface area contributed by atoms with Crippen LogP contribution in [0.25, 0.3) is 0 Å². The molecule has 26 heavy (non-hydrogen) atoms. The number of hydrogen-bond donors (Lipinski definition) is 2. The van der Waals surface area contributed by atoms with Gasteiger partial charge in [-0.25, -0.2) is 4.79 Å². The van der Waals surface area contributed by atoms with Crippen molar-refractivity contribution in [2.45, 2.75) is 52.9 Å². The van der Waals surface area contributed by atoms with Crippen LogP contribution in [0.4, 0.5) is 4.79 Å². The van der Waals surface area contributed by atoms with Gasteiger partial charge in [-0.2, -0.15) is 5.10 Å². The maximum Gasteiger partial charge on any atom is 0.410 e. The van der Waals surface area contributed by atoms with E-state index in [0.29, 0.717) is 25.2 Å². The minimum Gasteiger partial charge on any atom is -0.444 e. The highest BCUT2D eigenvalue weighted by Crippen LogP contribution is 2.25. The SMILES string of the molecule is Cc1ccc(C(=O)NCc2n[nH]c3c2CN(C(=O)OC(C)(C)C)C3)cc1. The standard InChI is InChI=1S/C19H24N4O3/c1-12-5-7-13(8-6-12)17(24)20-9-15-14-10-23(11-16(14)22-21-15)18(25)26-19(2,3)4/h5-8H,9-11H2,1-4H3,(H,20,24)(H,21,22). The molecular weight excluding hydrogens is 332 g/mol. The molecule has 0 atom stereocenters. The van der Waals surface area contributed by atoms with E-state index < -0.39 is 5.60 Å². The lowest BCUT2D eigenvalue weighted by Gasteiger charge is -2.24. The third-order valence-electron chi connectivity index (χ3n) is 4.12. The van der Waals surface area contributed by atoms with Crippen molar-refractivity contribution in [2.24, 2.45) is 0 Å². The highest BCUT2D eigenvalue weighted by molar-refractivity contribution is 5.94. The quantitative estimate of drug-likeness (QED) is 0.885. The Morgan fingerprint density at radius 3 is 2.58 bits per heavy atom. The van der Waals surface area contributed by atoms with E-state index in [1.54, 1.807) is 17.0 Å². The zero-order valence-electron chi connectivity index (χ0n) is 15.5. The number of carbonyl (C=O) groups excluding carboxylic acids is 2. The topological polar surface area (TPSA) is 87.3 Å². The van der Waals surface area contributed by atoms with Crippen LogP contribution in [-0.4, -0.2) is 32.7 Å². The van der Waals surface area contributed by atoms with Gasteiger partial charge in [-0.3, -0.25) is 14.8 Å². The van der Waals surface area contributed by atoms with Gasteiger partial charge in [-0.15, -0.1) is 0 Å². The summed E-state index contributed by atoms with van der Waals surface area (Å²) in [5, 5.41) is 10.1. The summed E-state index contributed by atoms with van der Waals surface area (Å²) in [5.74, 6) is -0.149. The van der Waals surface area contributed by atoms with Crippen molar-refractivity contribution in [3.8, 4) is 0 Å². The van der Waals surface area contributed by atoms with Crippen LogP contribution in [0.1, 0.15) is 53.6 Å². The van der Waals surface area contributed by atoms with Gasteiger partial charge in [-0.1, -0.05) is 17.7 Å². The predicted molar refractivity (Wildman–Crippen MR) is 96.4 cm³/mol. The third-order valence-corrected chi connectivity index (χ3v) is 4.12. The monoisotopic (exact) mass is 356 g/mol. The zero-order valence-corrected chi connectivity index (χ0v) is 15.5. The van der Waals surface area contributed by atoms with Crippen LogP contribution >= 0.6 is 0 Å². The average Bonchev–Trinajstić information content (AvgIpc) is 3.12. The lowest BCUT2D eigenvalue weighted by molar-refractivity contribution is 0.0239. The summed E-state index contributed by atoms with van der Waals surface area (Å²) in [6.45, 7) is 8.67. The largest absolute Gasteiger partial charge is 0.444 e. The molecule has 7 nitrogen and oxygen atoms in total. The second-order valence-corrected chi connectivity index (χ2v) is 7.51. The molecule has 0 aliphatic carbocycles. The Hall–Kier alpha value is -2.83. The highest BCUT2D eigenvalue weighted by Gasteiger charge is 2.31. The smallest absolute Gasteiger partial charge is 0.410 e. The van der Waals surface area contributed by atoms with E-state index in [1.165, 1.54) is 0 Å². The molecule has 0 saturated carbocycles. The number of aromatic amines is 1. The van der Waals surface area contributed by atoms with Gasteiger partial charge < -0.3 is 10.1 Å². The Kier molecular flexibility index (Phi) is 4.71. The summed E-state index contributed by atoms with van der Waals surface area (Å²) in [6.07, 6.45) is -0.350. The number of carbonyl (C=O) groups is 2. The maximum atomic E-state index is 12.2. The summed E-state index contributed by atoms with van der Waals surface area (Å²) < 4.78 is 5.41. The van der Waals surface area contributed by atoms with E-state index in [-0.39, 0.29) is 12.0 Å². The van der Waals surface area contributed by atoms with Gasteiger partial charge in [0, 0.05) is 11.1 Å². The second kappa shape index (κ2) is 6.82. The Labute approximate surface area is 152 Å². The van der Waals surface area contributed by atoms with Gasteiger partial charge in [0.15, 0.2) is 0 Å². The van der Waals surface area contributed by atoms with E-state index in [9.17, 15) is 9.59 Å². The molecule has 2 amide bonds. The number of ether oxygens (including phenoxy) is 1. The highest BCUT2D eigenvalue weighted by atomic mass is 16.6. The number of aryl methyl sites for hydroxylation is 1. The molecule has 7 heteroatoms. The van der Waals surface area contributed by atoms with Crippen molar-refractivity contribution in [3.05, 3.63) is 52.3 Å². The molecule has 0 fully saturated rings. The molecule has 2 aromatic rings. The molecule has 3 rings (SSSR count). The van der Waals surface area contributed by atoms with Gasteiger partial charge in [-0.05, 0) is 39.8 Å². The molecule has 1 aromatic carbocycles. The Morgan fingerprint density at radius 2 is 1.92 bits per heavy atom. The summed E-state index contributed by atoms with van der Waals surface area (Å²) in [4.78, 5) is 26.1. The predicted octanol–water partition coefficient (Wildman–Crippen LogP) is 2.90. The van der Waals surface area contributed by atoms with Crippen LogP contribution in [0.2, 0.25) is 0 Å². The fourth-order valence-electron chi connectivity index (χ4n) is 2.77. The first-order valence-corrected chi connectivity index (χ1v) is 8.61. The number of rotatable bonds is 3. The van der Waals surface area contributed by atoms with Crippen LogP contribution in [0.15, 0.2) is 24.3 Å². The molecule has 0 radical (unpaired) electrons. The van der Waals surface area contributed by atoms with E-state index >= 15 is 0 Å². The average molecular weight is 356 g/mol. The maximum absolute atomic E-state index is 12.2. The van der Waals surface area contributed by atoms with Crippen LogP contribution in [0.5, 0.6) is 0 Å². The Balaban J connectivity index is 1.61. The van der Waals surface area contributed by atoms with Crippen LogP contribution in [-0.2, 0) is 24.4 Å². The molecule has 1 aliphatic rings. The minimum absolute atomic E-state index is 0.149.